The topological polar surface area (TPSA) is 98.2 Å². The minimum atomic E-state index is -0.577. The first kappa shape index (κ1) is 15.2. The first-order chi connectivity index (χ1) is 8.71. The van der Waals surface area contributed by atoms with Crippen molar-refractivity contribution in [1.82, 2.24) is 5.32 Å². The van der Waals surface area contributed by atoms with Crippen LogP contribution in [0, 0.1) is 5.41 Å². The van der Waals surface area contributed by atoms with Crippen molar-refractivity contribution in [1.29, 1.82) is 0 Å². The van der Waals surface area contributed by atoms with E-state index in [2.05, 4.69) is 5.32 Å². The van der Waals surface area contributed by atoms with Crippen LogP contribution in [0.1, 0.15) is 36.7 Å². The number of amides is 2. The molecule has 1 atom stereocenters. The zero-order chi connectivity index (χ0) is 14.6. The second-order valence-electron chi connectivity index (χ2n) is 5.63. The van der Waals surface area contributed by atoms with Gasteiger partial charge in [-0.25, -0.2) is 0 Å². The van der Waals surface area contributed by atoms with Gasteiger partial charge in [0.05, 0.1) is 6.04 Å². The largest absolute Gasteiger partial charge is 0.366 e. The molecule has 1 unspecified atom stereocenters. The van der Waals surface area contributed by atoms with E-state index in [0.717, 1.165) is 5.56 Å². The van der Waals surface area contributed by atoms with Crippen molar-refractivity contribution in [3.8, 4) is 0 Å². The molecule has 0 aromatic heterocycles. The summed E-state index contributed by atoms with van der Waals surface area (Å²) in [5.74, 6) is -0.698. The highest BCUT2D eigenvalue weighted by molar-refractivity contribution is 5.92. The van der Waals surface area contributed by atoms with Gasteiger partial charge in [-0.3, -0.25) is 9.59 Å². The first-order valence-electron chi connectivity index (χ1n) is 6.14. The average Bonchev–Trinajstić information content (AvgIpc) is 2.34. The lowest BCUT2D eigenvalue weighted by Crippen LogP contribution is -2.48. The monoisotopic (exact) mass is 263 g/mol. The smallest absolute Gasteiger partial charge is 0.248 e. The number of nitrogens with two attached hydrogens (primary N) is 2. The highest BCUT2D eigenvalue weighted by atomic mass is 16.2. The SMILES string of the molecule is CC(C)(C)C(N)C(=O)NCc1cccc(C(N)=O)c1. The lowest BCUT2D eigenvalue weighted by atomic mass is 9.87. The third-order valence-electron chi connectivity index (χ3n) is 2.89. The Morgan fingerprint density at radius 3 is 2.47 bits per heavy atom. The lowest BCUT2D eigenvalue weighted by Gasteiger charge is -2.25. The summed E-state index contributed by atoms with van der Waals surface area (Å²) in [6.45, 7) is 6.05. The Hall–Kier alpha value is -1.88. The fourth-order valence-corrected chi connectivity index (χ4v) is 1.53. The number of benzene rings is 1. The normalized spacial score (nSPS) is 12.8. The predicted octanol–water partition coefficient (Wildman–Crippen LogP) is 0.775. The summed E-state index contributed by atoms with van der Waals surface area (Å²) in [6, 6.07) is 6.26. The quantitative estimate of drug-likeness (QED) is 0.748. The minimum absolute atomic E-state index is 0.211. The number of hydrogen-bond acceptors (Lipinski definition) is 3. The molecule has 0 radical (unpaired) electrons. The molecule has 0 heterocycles. The molecule has 2 amide bonds. The Labute approximate surface area is 113 Å². The van der Waals surface area contributed by atoms with Crippen molar-refractivity contribution >= 4 is 11.8 Å². The molecule has 5 nitrogen and oxygen atoms in total. The van der Waals surface area contributed by atoms with Gasteiger partial charge >= 0.3 is 0 Å². The van der Waals surface area contributed by atoms with Gasteiger partial charge in [-0.15, -0.1) is 0 Å². The van der Waals surface area contributed by atoms with Crippen molar-refractivity contribution in [2.45, 2.75) is 33.4 Å². The van der Waals surface area contributed by atoms with Gasteiger partial charge in [-0.1, -0.05) is 32.9 Å². The molecule has 1 aromatic rings. The van der Waals surface area contributed by atoms with Crippen LogP contribution in [0.2, 0.25) is 0 Å². The van der Waals surface area contributed by atoms with Crippen molar-refractivity contribution in [3.63, 3.8) is 0 Å². The lowest BCUT2D eigenvalue weighted by molar-refractivity contribution is -0.124. The molecule has 0 saturated carbocycles. The highest BCUT2D eigenvalue weighted by Crippen LogP contribution is 2.17. The van der Waals surface area contributed by atoms with Gasteiger partial charge in [-0.05, 0) is 23.1 Å². The Kier molecular flexibility index (Phi) is 4.67. The van der Waals surface area contributed by atoms with E-state index in [4.69, 9.17) is 11.5 Å². The van der Waals surface area contributed by atoms with Crippen LogP contribution in [-0.4, -0.2) is 17.9 Å². The Bertz CT molecular complexity index is 478. The van der Waals surface area contributed by atoms with Crippen LogP contribution in [0.15, 0.2) is 24.3 Å². The number of rotatable bonds is 4. The van der Waals surface area contributed by atoms with Gasteiger partial charge < -0.3 is 16.8 Å². The molecular formula is C14H21N3O2. The number of carbonyl (C=O) groups excluding carboxylic acids is 2. The van der Waals surface area contributed by atoms with Gasteiger partial charge in [0.1, 0.15) is 0 Å². The van der Waals surface area contributed by atoms with E-state index in [-0.39, 0.29) is 11.3 Å². The Morgan fingerprint density at radius 2 is 1.95 bits per heavy atom. The minimum Gasteiger partial charge on any atom is -0.366 e. The maximum atomic E-state index is 11.9. The van der Waals surface area contributed by atoms with Gasteiger partial charge in [0.15, 0.2) is 0 Å². The molecular weight excluding hydrogens is 242 g/mol. The van der Waals surface area contributed by atoms with Gasteiger partial charge in [0.2, 0.25) is 11.8 Å². The fraction of sp³-hybridized carbons (Fsp3) is 0.429. The van der Waals surface area contributed by atoms with E-state index in [1.807, 2.05) is 26.8 Å². The molecule has 5 heteroatoms. The molecule has 1 rings (SSSR count). The maximum absolute atomic E-state index is 11.9. The number of primary amides is 1. The zero-order valence-corrected chi connectivity index (χ0v) is 11.6. The van der Waals surface area contributed by atoms with E-state index in [1.165, 1.54) is 0 Å². The fourth-order valence-electron chi connectivity index (χ4n) is 1.53. The molecule has 5 N–H and O–H groups in total. The van der Waals surface area contributed by atoms with Crippen LogP contribution < -0.4 is 16.8 Å². The van der Waals surface area contributed by atoms with Crippen LogP contribution in [0.4, 0.5) is 0 Å². The number of carbonyl (C=O) groups is 2. The van der Waals surface area contributed by atoms with E-state index in [1.54, 1.807) is 18.2 Å². The summed E-state index contributed by atoms with van der Waals surface area (Å²) < 4.78 is 0. The molecule has 0 aliphatic carbocycles. The summed E-state index contributed by atoms with van der Waals surface area (Å²) in [6.07, 6.45) is 0. The molecule has 1 aromatic carbocycles. The third kappa shape index (κ3) is 4.37. The summed E-state index contributed by atoms with van der Waals surface area (Å²) in [4.78, 5) is 22.9. The van der Waals surface area contributed by atoms with Crippen LogP contribution in [0.25, 0.3) is 0 Å². The second kappa shape index (κ2) is 5.84. The van der Waals surface area contributed by atoms with Gasteiger partial charge in [0, 0.05) is 12.1 Å². The van der Waals surface area contributed by atoms with Gasteiger partial charge in [-0.2, -0.15) is 0 Å². The maximum Gasteiger partial charge on any atom is 0.248 e. The van der Waals surface area contributed by atoms with Gasteiger partial charge in [0.25, 0.3) is 0 Å². The van der Waals surface area contributed by atoms with Crippen molar-refractivity contribution < 1.29 is 9.59 Å². The van der Waals surface area contributed by atoms with Crippen molar-refractivity contribution in [2.24, 2.45) is 16.9 Å². The molecule has 0 aliphatic heterocycles. The van der Waals surface area contributed by atoms with Crippen LogP contribution in [-0.2, 0) is 11.3 Å². The molecule has 19 heavy (non-hydrogen) atoms. The first-order valence-corrected chi connectivity index (χ1v) is 6.14. The zero-order valence-electron chi connectivity index (χ0n) is 11.6. The van der Waals surface area contributed by atoms with Crippen LogP contribution in [0.5, 0.6) is 0 Å². The summed E-state index contributed by atoms with van der Waals surface area (Å²) in [5, 5.41) is 2.76. The van der Waals surface area contributed by atoms with E-state index >= 15 is 0 Å². The Morgan fingerprint density at radius 1 is 1.32 bits per heavy atom. The van der Waals surface area contributed by atoms with Crippen LogP contribution in [0.3, 0.4) is 0 Å². The van der Waals surface area contributed by atoms with Crippen molar-refractivity contribution in [3.05, 3.63) is 35.4 Å². The van der Waals surface area contributed by atoms with E-state index < -0.39 is 11.9 Å². The third-order valence-corrected chi connectivity index (χ3v) is 2.89. The molecule has 0 bridgehead atoms. The summed E-state index contributed by atoms with van der Waals surface area (Å²) >= 11 is 0. The molecule has 0 saturated heterocycles. The number of hydrogen-bond donors (Lipinski definition) is 3. The second-order valence-corrected chi connectivity index (χ2v) is 5.63. The molecule has 0 aliphatic rings. The average molecular weight is 263 g/mol. The molecule has 104 valence electrons. The Balaban J connectivity index is 2.65. The molecule has 0 spiro atoms. The van der Waals surface area contributed by atoms with Crippen molar-refractivity contribution in [2.75, 3.05) is 0 Å². The number of nitrogens with one attached hydrogen (secondary N) is 1. The highest BCUT2D eigenvalue weighted by Gasteiger charge is 2.27. The van der Waals surface area contributed by atoms with E-state index in [9.17, 15) is 9.59 Å². The van der Waals surface area contributed by atoms with E-state index in [0.29, 0.717) is 12.1 Å². The summed E-state index contributed by atoms with van der Waals surface area (Å²) in [7, 11) is 0. The predicted molar refractivity (Wildman–Crippen MR) is 74.2 cm³/mol. The standard InChI is InChI=1S/C14H21N3O2/c1-14(2,3)11(15)13(19)17-8-9-5-4-6-10(7-9)12(16)18/h4-7,11H,8,15H2,1-3H3,(H2,16,18)(H,17,19). The summed E-state index contributed by atoms with van der Waals surface area (Å²) in [5.41, 5.74) is 12.0. The van der Waals surface area contributed by atoms with Crippen LogP contribution >= 0.6 is 0 Å². The molecule has 0 fully saturated rings.